The number of likely N-dealkylation sites (tertiary alicyclic amines) is 1. The number of benzene rings is 3. The van der Waals surface area contributed by atoms with Crippen molar-refractivity contribution < 1.29 is 18.0 Å². The van der Waals surface area contributed by atoms with Gasteiger partial charge in [0, 0.05) is 62.6 Å². The van der Waals surface area contributed by atoms with E-state index in [4.69, 9.17) is 0 Å². The van der Waals surface area contributed by atoms with E-state index in [1.54, 1.807) is 18.3 Å². The summed E-state index contributed by atoms with van der Waals surface area (Å²) in [6, 6.07) is 25.4. The van der Waals surface area contributed by atoms with Gasteiger partial charge in [0.15, 0.2) is 0 Å². The Morgan fingerprint density at radius 3 is 2.57 bits per heavy atom. The maximum atomic E-state index is 13.6. The Kier molecular flexibility index (Phi) is 7.84. The first kappa shape index (κ1) is 27.8. The van der Waals surface area contributed by atoms with E-state index in [2.05, 4.69) is 32.7 Å². The molecule has 1 atom stereocenters. The molecule has 2 aliphatic heterocycles. The first-order chi connectivity index (χ1) is 20.3. The fourth-order valence-electron chi connectivity index (χ4n) is 5.77. The zero-order valence-corrected chi connectivity index (χ0v) is 23.1. The minimum absolute atomic E-state index is 0.0782. The Hall–Kier alpha value is -4.37. The number of fused-ring (bicyclic) bond motifs is 1. The summed E-state index contributed by atoms with van der Waals surface area (Å²) in [5.74, 6) is 0.506. The molecule has 0 saturated carbocycles. The first-order valence-corrected chi connectivity index (χ1v) is 14.1. The van der Waals surface area contributed by atoms with Crippen LogP contribution in [0.4, 0.5) is 24.7 Å². The molecule has 0 radical (unpaired) electrons. The van der Waals surface area contributed by atoms with E-state index in [9.17, 15) is 18.0 Å². The van der Waals surface area contributed by atoms with E-state index >= 15 is 0 Å². The molecule has 9 heteroatoms. The molecule has 42 heavy (non-hydrogen) atoms. The highest BCUT2D eigenvalue weighted by molar-refractivity contribution is 5.95. The molecule has 1 saturated heterocycles. The van der Waals surface area contributed by atoms with Crippen LogP contribution in [0, 0.1) is 0 Å². The smallest absolute Gasteiger partial charge is 0.367 e. The van der Waals surface area contributed by atoms with Gasteiger partial charge in [-0.15, -0.1) is 0 Å². The number of nitrogens with zero attached hydrogens (tertiary/aromatic N) is 3. The van der Waals surface area contributed by atoms with E-state index < -0.39 is 11.7 Å². The van der Waals surface area contributed by atoms with Crippen molar-refractivity contribution in [2.45, 2.75) is 31.7 Å². The molecule has 0 spiro atoms. The van der Waals surface area contributed by atoms with Crippen molar-refractivity contribution in [3.8, 4) is 11.1 Å². The number of pyridine rings is 1. The molecule has 1 amide bonds. The number of carbonyl (C=O) groups is 1. The van der Waals surface area contributed by atoms with Gasteiger partial charge in [-0.2, -0.15) is 13.2 Å². The maximum absolute atomic E-state index is 13.6. The van der Waals surface area contributed by atoms with Crippen molar-refractivity contribution in [1.82, 2.24) is 15.2 Å². The van der Waals surface area contributed by atoms with Crippen LogP contribution < -0.4 is 15.5 Å². The van der Waals surface area contributed by atoms with Gasteiger partial charge in [0.1, 0.15) is 5.82 Å². The number of hydrogen-bond acceptors (Lipinski definition) is 5. The lowest BCUT2D eigenvalue weighted by atomic mass is 10.0. The molecule has 0 bridgehead atoms. The molecule has 6 rings (SSSR count). The van der Waals surface area contributed by atoms with E-state index in [1.165, 1.54) is 17.7 Å². The van der Waals surface area contributed by atoms with Gasteiger partial charge < -0.3 is 15.5 Å². The Morgan fingerprint density at radius 2 is 1.74 bits per heavy atom. The molecule has 3 aromatic carbocycles. The largest absolute Gasteiger partial charge is 0.416 e. The second-order valence-corrected chi connectivity index (χ2v) is 10.9. The maximum Gasteiger partial charge on any atom is 0.416 e. The molecular weight excluding hydrogens is 539 g/mol. The Bertz CT molecular complexity index is 1560. The van der Waals surface area contributed by atoms with E-state index in [1.807, 2.05) is 47.4 Å². The van der Waals surface area contributed by atoms with Crippen LogP contribution in [0.3, 0.4) is 0 Å². The normalized spacial score (nSPS) is 17.0. The molecule has 1 unspecified atom stereocenters. The van der Waals surface area contributed by atoms with Crippen molar-refractivity contribution in [3.05, 3.63) is 113 Å². The number of amides is 1. The van der Waals surface area contributed by atoms with Crippen LogP contribution in [0.15, 0.2) is 91.1 Å². The topological polar surface area (TPSA) is 60.5 Å². The summed E-state index contributed by atoms with van der Waals surface area (Å²) < 4.78 is 40.9. The van der Waals surface area contributed by atoms with E-state index in [-0.39, 0.29) is 24.1 Å². The van der Waals surface area contributed by atoms with Crippen LogP contribution in [0.5, 0.6) is 0 Å². The SMILES string of the molecule is O=C(NC1CCN(Cc2ccccc2)C1)c1cccc(-c2cnc3c(c2)N(Cc2ccccc2C(F)(F)F)CCN3)c1. The molecule has 2 N–H and O–H groups in total. The van der Waals surface area contributed by atoms with Crippen LogP contribution >= 0.6 is 0 Å². The minimum Gasteiger partial charge on any atom is -0.367 e. The molecule has 1 aromatic heterocycles. The predicted octanol–water partition coefficient (Wildman–Crippen LogP) is 6.20. The first-order valence-electron chi connectivity index (χ1n) is 14.1. The highest BCUT2D eigenvalue weighted by atomic mass is 19.4. The summed E-state index contributed by atoms with van der Waals surface area (Å²) in [6.07, 6.45) is -1.80. The van der Waals surface area contributed by atoms with Crippen molar-refractivity contribution in [2.75, 3.05) is 36.4 Å². The lowest BCUT2D eigenvalue weighted by Crippen LogP contribution is -2.37. The van der Waals surface area contributed by atoms with Gasteiger partial charge >= 0.3 is 6.18 Å². The Balaban J connectivity index is 1.16. The second kappa shape index (κ2) is 11.9. The van der Waals surface area contributed by atoms with Crippen LogP contribution in [0.1, 0.15) is 33.5 Å². The Labute approximate surface area is 243 Å². The van der Waals surface area contributed by atoms with Crippen LogP contribution in [0.25, 0.3) is 11.1 Å². The lowest BCUT2D eigenvalue weighted by molar-refractivity contribution is -0.138. The van der Waals surface area contributed by atoms with Crippen LogP contribution in [-0.2, 0) is 19.3 Å². The van der Waals surface area contributed by atoms with Crippen LogP contribution in [-0.4, -0.2) is 48.0 Å². The summed E-state index contributed by atoms with van der Waals surface area (Å²) >= 11 is 0. The van der Waals surface area contributed by atoms with Gasteiger partial charge in [0.2, 0.25) is 0 Å². The van der Waals surface area contributed by atoms with Crippen molar-refractivity contribution in [3.63, 3.8) is 0 Å². The summed E-state index contributed by atoms with van der Waals surface area (Å²) in [5.41, 5.74) is 3.74. The van der Waals surface area contributed by atoms with Gasteiger partial charge in [-0.05, 0) is 47.4 Å². The average Bonchev–Trinajstić information content (AvgIpc) is 3.43. The van der Waals surface area contributed by atoms with Gasteiger partial charge in [-0.3, -0.25) is 9.69 Å². The number of aromatic nitrogens is 1. The highest BCUT2D eigenvalue weighted by Crippen LogP contribution is 2.36. The van der Waals surface area contributed by atoms with Crippen molar-refractivity contribution in [1.29, 1.82) is 0 Å². The highest BCUT2D eigenvalue weighted by Gasteiger charge is 2.33. The molecule has 216 valence electrons. The minimum atomic E-state index is -4.42. The monoisotopic (exact) mass is 571 g/mol. The number of alkyl halides is 3. The number of carbonyl (C=O) groups excluding carboxylic acids is 1. The summed E-state index contributed by atoms with van der Waals surface area (Å²) in [6.45, 7) is 3.82. The summed E-state index contributed by atoms with van der Waals surface area (Å²) in [5, 5.41) is 6.43. The molecule has 1 fully saturated rings. The van der Waals surface area contributed by atoms with Gasteiger partial charge in [0.25, 0.3) is 5.91 Å². The Morgan fingerprint density at radius 1 is 0.929 bits per heavy atom. The molecular formula is C33H32F3N5O. The fraction of sp³-hybridized carbons (Fsp3) is 0.273. The third kappa shape index (κ3) is 6.26. The summed E-state index contributed by atoms with van der Waals surface area (Å²) in [7, 11) is 0. The average molecular weight is 572 g/mol. The number of hydrogen-bond donors (Lipinski definition) is 2. The van der Waals surface area contributed by atoms with E-state index in [0.717, 1.165) is 48.9 Å². The molecule has 2 aliphatic rings. The standard InChI is InChI=1S/C33H32F3N5O/c34-33(35,36)29-12-5-4-9-26(29)21-41-16-14-37-31-30(41)18-27(19-38-31)24-10-6-11-25(17-24)32(42)39-28-13-15-40(22-28)20-23-7-2-1-3-8-23/h1-12,17-19,28H,13-16,20-22H2,(H,37,38)(H,39,42). The van der Waals surface area contributed by atoms with Crippen LogP contribution in [0.2, 0.25) is 0 Å². The number of rotatable bonds is 7. The molecule has 0 aliphatic carbocycles. The van der Waals surface area contributed by atoms with Crippen molar-refractivity contribution in [2.24, 2.45) is 0 Å². The third-order valence-electron chi connectivity index (χ3n) is 7.88. The zero-order valence-electron chi connectivity index (χ0n) is 23.1. The lowest BCUT2D eigenvalue weighted by Gasteiger charge is -2.32. The molecule has 3 heterocycles. The predicted molar refractivity (Wildman–Crippen MR) is 158 cm³/mol. The van der Waals surface area contributed by atoms with Gasteiger partial charge in [0.05, 0.1) is 11.3 Å². The number of halogens is 3. The van der Waals surface area contributed by atoms with Gasteiger partial charge in [-0.25, -0.2) is 4.98 Å². The third-order valence-corrected chi connectivity index (χ3v) is 7.88. The second-order valence-electron chi connectivity index (χ2n) is 10.9. The number of nitrogens with one attached hydrogen (secondary N) is 2. The molecule has 6 nitrogen and oxygen atoms in total. The number of anilines is 2. The quantitative estimate of drug-likeness (QED) is 0.277. The zero-order chi connectivity index (χ0) is 29.1. The van der Waals surface area contributed by atoms with Gasteiger partial charge in [-0.1, -0.05) is 60.7 Å². The summed E-state index contributed by atoms with van der Waals surface area (Å²) in [4.78, 5) is 22.0. The molecule has 4 aromatic rings. The fourth-order valence-corrected chi connectivity index (χ4v) is 5.77. The van der Waals surface area contributed by atoms with Crippen molar-refractivity contribution >= 4 is 17.4 Å². The van der Waals surface area contributed by atoms with E-state index in [0.29, 0.717) is 24.5 Å².